The highest BCUT2D eigenvalue weighted by Gasteiger charge is 2.54. The fourth-order valence-corrected chi connectivity index (χ4v) is 3.53. The first-order valence-electron chi connectivity index (χ1n) is 9.41. The lowest BCUT2D eigenvalue weighted by Crippen LogP contribution is -2.46. The summed E-state index contributed by atoms with van der Waals surface area (Å²) in [4.78, 5) is 40.1. The zero-order valence-electron chi connectivity index (χ0n) is 16.4. The zero-order valence-corrected chi connectivity index (χ0v) is 16.4. The van der Waals surface area contributed by atoms with Gasteiger partial charge in [-0.05, 0) is 45.0 Å². The van der Waals surface area contributed by atoms with E-state index in [0.29, 0.717) is 11.4 Å². The van der Waals surface area contributed by atoms with Crippen LogP contribution in [0.15, 0.2) is 59.8 Å². The van der Waals surface area contributed by atoms with E-state index >= 15 is 0 Å². The minimum absolute atomic E-state index is 0.00499. The number of carbonyl (C=O) groups is 3. The molecule has 2 aromatic rings. The van der Waals surface area contributed by atoms with E-state index in [0.717, 1.165) is 16.0 Å². The molecule has 7 nitrogen and oxygen atoms in total. The van der Waals surface area contributed by atoms with Crippen molar-refractivity contribution in [3.63, 3.8) is 0 Å². The largest absolute Gasteiger partial charge is 0.461 e. The maximum atomic E-state index is 13.3. The molecule has 29 heavy (non-hydrogen) atoms. The van der Waals surface area contributed by atoms with Gasteiger partial charge in [0.25, 0.3) is 11.8 Å². The molecule has 1 fully saturated rings. The summed E-state index contributed by atoms with van der Waals surface area (Å²) in [5.74, 6) is -1.59. The van der Waals surface area contributed by atoms with Gasteiger partial charge < -0.3 is 4.74 Å². The highest BCUT2D eigenvalue weighted by atomic mass is 16.5. The summed E-state index contributed by atoms with van der Waals surface area (Å²) in [5, 5.41) is 1.55. The normalized spacial score (nSPS) is 18.2. The molecule has 0 bridgehead atoms. The topological polar surface area (TPSA) is 79.0 Å². The number of amides is 2. The lowest BCUT2D eigenvalue weighted by molar-refractivity contribution is -0.139. The number of imide groups is 1. The van der Waals surface area contributed by atoms with Crippen molar-refractivity contribution in [3.05, 3.63) is 70.9 Å². The number of aryl methyl sites for hydroxylation is 2. The van der Waals surface area contributed by atoms with E-state index in [4.69, 9.17) is 4.74 Å². The van der Waals surface area contributed by atoms with Crippen molar-refractivity contribution in [1.29, 1.82) is 0 Å². The molecule has 1 atom stereocenters. The first-order valence-corrected chi connectivity index (χ1v) is 9.41. The quantitative estimate of drug-likeness (QED) is 0.637. The number of hydrogen-bond acceptors (Lipinski definition) is 6. The van der Waals surface area contributed by atoms with E-state index in [1.54, 1.807) is 24.1 Å². The summed E-state index contributed by atoms with van der Waals surface area (Å²) >= 11 is 0. The predicted octanol–water partition coefficient (Wildman–Crippen LogP) is 2.39. The van der Waals surface area contributed by atoms with Crippen molar-refractivity contribution in [2.24, 2.45) is 0 Å². The van der Waals surface area contributed by atoms with Gasteiger partial charge in [-0.25, -0.2) is 9.69 Å². The predicted molar refractivity (Wildman–Crippen MR) is 108 cm³/mol. The van der Waals surface area contributed by atoms with Crippen LogP contribution in [0.5, 0.6) is 0 Å². The van der Waals surface area contributed by atoms with Gasteiger partial charge in [0.2, 0.25) is 0 Å². The Morgan fingerprint density at radius 3 is 2.07 bits per heavy atom. The van der Waals surface area contributed by atoms with E-state index < -0.39 is 23.8 Å². The number of hydrogen-bond donors (Lipinski definition) is 1. The third kappa shape index (κ3) is 3.04. The number of anilines is 2. The summed E-state index contributed by atoms with van der Waals surface area (Å²) in [6, 6.07) is 13.6. The number of benzene rings is 2. The van der Waals surface area contributed by atoms with Gasteiger partial charge >= 0.3 is 5.97 Å². The molecule has 0 unspecified atom stereocenters. The van der Waals surface area contributed by atoms with Gasteiger partial charge in [0.1, 0.15) is 0 Å². The molecule has 2 heterocycles. The first-order chi connectivity index (χ1) is 13.9. The van der Waals surface area contributed by atoms with Gasteiger partial charge in [0, 0.05) is 0 Å². The molecule has 148 valence electrons. The molecule has 2 amide bonds. The molecule has 1 saturated heterocycles. The monoisotopic (exact) mass is 391 g/mol. The van der Waals surface area contributed by atoms with Crippen LogP contribution in [0.2, 0.25) is 0 Å². The maximum Gasteiger partial charge on any atom is 0.356 e. The van der Waals surface area contributed by atoms with Gasteiger partial charge in [-0.15, -0.1) is 0 Å². The molecular formula is C22H21N3O4. The number of esters is 1. The number of nitrogens with zero attached hydrogens (tertiary/aromatic N) is 2. The second-order valence-corrected chi connectivity index (χ2v) is 7.04. The molecule has 0 spiro atoms. The Labute approximate surface area is 168 Å². The third-order valence-corrected chi connectivity index (χ3v) is 5.00. The standard InChI is InChI=1S/C22H21N3O4/c1-4-29-22(28)18-17-19(25(23-18)16-11-7-14(3)8-12-16)21(27)24(20(17)26)15-9-5-13(2)6-10-15/h5-12,19,23H,4H2,1-3H3/t19-/m0/s1. The molecule has 4 rings (SSSR count). The van der Waals surface area contributed by atoms with Crippen LogP contribution in [-0.2, 0) is 19.1 Å². The van der Waals surface area contributed by atoms with E-state index in [9.17, 15) is 14.4 Å². The Morgan fingerprint density at radius 2 is 1.52 bits per heavy atom. The lowest BCUT2D eigenvalue weighted by Gasteiger charge is -2.26. The van der Waals surface area contributed by atoms with Crippen molar-refractivity contribution < 1.29 is 19.1 Å². The van der Waals surface area contributed by atoms with Crippen LogP contribution in [0.4, 0.5) is 11.4 Å². The number of nitrogens with one attached hydrogen (secondary N) is 1. The van der Waals surface area contributed by atoms with Crippen LogP contribution < -0.4 is 15.3 Å². The minimum atomic E-state index is -0.939. The second kappa shape index (κ2) is 7.09. The number of hydrazine groups is 1. The van der Waals surface area contributed by atoms with Gasteiger partial charge in [0.15, 0.2) is 11.7 Å². The molecule has 0 aromatic heterocycles. The SMILES string of the molecule is CCOC(=O)C1=C2C(=O)N(c3ccc(C)cc3)C(=O)[C@H]2N(c2ccc(C)cc2)N1. The summed E-state index contributed by atoms with van der Waals surface area (Å²) in [6.45, 7) is 5.73. The molecule has 2 aliphatic heterocycles. The summed E-state index contributed by atoms with van der Waals surface area (Å²) in [6.07, 6.45) is 0. The molecule has 1 N–H and O–H groups in total. The summed E-state index contributed by atoms with van der Waals surface area (Å²) in [5.41, 5.74) is 6.25. The molecule has 0 aliphatic carbocycles. The van der Waals surface area contributed by atoms with E-state index in [-0.39, 0.29) is 17.9 Å². The number of carbonyl (C=O) groups excluding carboxylic acids is 3. The fourth-order valence-electron chi connectivity index (χ4n) is 3.53. The van der Waals surface area contributed by atoms with Crippen molar-refractivity contribution in [1.82, 2.24) is 5.43 Å². The van der Waals surface area contributed by atoms with Crippen molar-refractivity contribution >= 4 is 29.2 Å². The van der Waals surface area contributed by atoms with Crippen LogP contribution in [0.3, 0.4) is 0 Å². The van der Waals surface area contributed by atoms with Crippen molar-refractivity contribution in [2.45, 2.75) is 26.8 Å². The Morgan fingerprint density at radius 1 is 0.966 bits per heavy atom. The highest BCUT2D eigenvalue weighted by molar-refractivity contribution is 6.33. The van der Waals surface area contributed by atoms with Gasteiger partial charge in [-0.3, -0.25) is 20.0 Å². The molecule has 2 aromatic carbocycles. The molecule has 0 radical (unpaired) electrons. The van der Waals surface area contributed by atoms with Gasteiger partial charge in [-0.1, -0.05) is 35.4 Å². The number of rotatable bonds is 4. The second-order valence-electron chi connectivity index (χ2n) is 7.04. The van der Waals surface area contributed by atoms with Crippen LogP contribution >= 0.6 is 0 Å². The Kier molecular flexibility index (Phi) is 4.58. The maximum absolute atomic E-state index is 13.3. The van der Waals surface area contributed by atoms with E-state index in [1.165, 1.54) is 0 Å². The summed E-state index contributed by atoms with van der Waals surface area (Å²) < 4.78 is 5.11. The van der Waals surface area contributed by atoms with Crippen LogP contribution in [-0.4, -0.2) is 30.4 Å². The fraction of sp³-hybridized carbons (Fsp3) is 0.227. The molecule has 2 aliphatic rings. The smallest absolute Gasteiger partial charge is 0.356 e. The van der Waals surface area contributed by atoms with Crippen LogP contribution in [0.1, 0.15) is 18.1 Å². The van der Waals surface area contributed by atoms with Gasteiger partial charge in [0.05, 0.1) is 23.6 Å². The van der Waals surface area contributed by atoms with E-state index in [2.05, 4.69) is 5.43 Å². The molecule has 0 saturated carbocycles. The third-order valence-electron chi connectivity index (χ3n) is 5.00. The Balaban J connectivity index is 1.80. The van der Waals surface area contributed by atoms with Crippen LogP contribution in [0, 0.1) is 13.8 Å². The highest BCUT2D eigenvalue weighted by Crippen LogP contribution is 2.36. The Bertz CT molecular complexity index is 1030. The van der Waals surface area contributed by atoms with Gasteiger partial charge in [-0.2, -0.15) is 0 Å². The lowest BCUT2D eigenvalue weighted by atomic mass is 10.1. The minimum Gasteiger partial charge on any atom is -0.461 e. The van der Waals surface area contributed by atoms with Crippen LogP contribution in [0.25, 0.3) is 0 Å². The summed E-state index contributed by atoms with van der Waals surface area (Å²) in [7, 11) is 0. The molecular weight excluding hydrogens is 370 g/mol. The first kappa shape index (κ1) is 18.7. The number of ether oxygens (including phenoxy) is 1. The molecule has 7 heteroatoms. The van der Waals surface area contributed by atoms with E-state index in [1.807, 2.05) is 50.2 Å². The Hall–Kier alpha value is -3.61. The number of fused-ring (bicyclic) bond motifs is 1. The average molecular weight is 391 g/mol. The van der Waals surface area contributed by atoms with Crippen molar-refractivity contribution in [2.75, 3.05) is 16.5 Å². The van der Waals surface area contributed by atoms with Crippen molar-refractivity contribution in [3.8, 4) is 0 Å². The zero-order chi connectivity index (χ0) is 20.7. The average Bonchev–Trinajstić information content (AvgIpc) is 3.21.